The molecule has 3 fully saturated rings. The van der Waals surface area contributed by atoms with E-state index in [4.69, 9.17) is 17.3 Å². The van der Waals surface area contributed by atoms with E-state index in [-0.39, 0.29) is 11.1 Å². The van der Waals surface area contributed by atoms with Crippen molar-refractivity contribution in [1.29, 1.82) is 0 Å². The van der Waals surface area contributed by atoms with Gasteiger partial charge in [-0.1, -0.05) is 36.4 Å². The van der Waals surface area contributed by atoms with Crippen molar-refractivity contribution in [2.45, 2.75) is 29.4 Å². The number of amides is 1. The molecule has 1 saturated carbocycles. The number of rotatable bonds is 4. The monoisotopic (exact) mass is 408 g/mol. The van der Waals surface area contributed by atoms with E-state index in [0.29, 0.717) is 24.3 Å². The molecule has 2 saturated heterocycles. The standard InChI is InChI=1S/C21H20ClF3N2O/c1-27-12-13-10-19(27,11-13)20(22,14-6-3-2-4-7-14)17-15(18(26)28)8-5-9-16(17)21(23,24)25/h2-9,13H,10-12H2,1H3,(H2,26,28). The van der Waals surface area contributed by atoms with E-state index < -0.39 is 28.1 Å². The van der Waals surface area contributed by atoms with E-state index in [2.05, 4.69) is 0 Å². The highest BCUT2D eigenvalue weighted by atomic mass is 35.5. The number of carbonyl (C=O) groups excluding carboxylic acids is 1. The number of benzene rings is 2. The molecular weight excluding hydrogens is 389 g/mol. The first-order valence-corrected chi connectivity index (χ1v) is 9.45. The van der Waals surface area contributed by atoms with Crippen molar-refractivity contribution in [3.8, 4) is 0 Å². The lowest BCUT2D eigenvalue weighted by Gasteiger charge is -2.54. The minimum atomic E-state index is -4.67. The third-order valence-corrected chi connectivity index (χ3v) is 7.07. The van der Waals surface area contributed by atoms with Gasteiger partial charge in [-0.2, -0.15) is 13.2 Å². The van der Waals surface area contributed by atoms with E-state index >= 15 is 0 Å². The molecule has 148 valence electrons. The second-order valence-corrected chi connectivity index (χ2v) is 8.37. The van der Waals surface area contributed by atoms with Gasteiger partial charge < -0.3 is 5.73 Å². The summed E-state index contributed by atoms with van der Waals surface area (Å²) < 4.78 is 42.1. The van der Waals surface area contributed by atoms with Gasteiger partial charge in [0.05, 0.1) is 5.56 Å². The van der Waals surface area contributed by atoms with Crippen molar-refractivity contribution < 1.29 is 18.0 Å². The molecule has 0 radical (unpaired) electrons. The summed E-state index contributed by atoms with van der Waals surface area (Å²) in [7, 11) is 1.88. The molecule has 5 rings (SSSR count). The van der Waals surface area contributed by atoms with Gasteiger partial charge >= 0.3 is 6.18 Å². The summed E-state index contributed by atoms with van der Waals surface area (Å²) in [6.45, 7) is 0.765. The summed E-state index contributed by atoms with van der Waals surface area (Å²) in [5, 5.41) is 0. The molecule has 1 atom stereocenters. The van der Waals surface area contributed by atoms with E-state index in [1.807, 2.05) is 11.9 Å². The summed E-state index contributed by atoms with van der Waals surface area (Å²) in [5.41, 5.74) is 3.98. The zero-order valence-corrected chi connectivity index (χ0v) is 16.0. The fraction of sp³-hybridized carbons (Fsp3) is 0.381. The number of alkyl halides is 4. The van der Waals surface area contributed by atoms with E-state index in [1.54, 1.807) is 30.3 Å². The topological polar surface area (TPSA) is 46.3 Å². The Bertz CT molecular complexity index is 925. The number of nitrogens with zero attached hydrogens (tertiary/aromatic N) is 1. The molecule has 0 aromatic heterocycles. The van der Waals surface area contributed by atoms with Crippen LogP contribution in [0.25, 0.3) is 0 Å². The van der Waals surface area contributed by atoms with Crippen LogP contribution in [0.3, 0.4) is 0 Å². The van der Waals surface area contributed by atoms with Crippen LogP contribution in [0.5, 0.6) is 0 Å². The van der Waals surface area contributed by atoms with Gasteiger partial charge in [0.2, 0.25) is 5.91 Å². The second-order valence-electron chi connectivity index (χ2n) is 7.80. The Morgan fingerprint density at radius 3 is 2.29 bits per heavy atom. The number of hydrogen-bond donors (Lipinski definition) is 1. The number of fused-ring (bicyclic) bond motifs is 1. The first-order chi connectivity index (χ1) is 13.1. The third kappa shape index (κ3) is 2.51. The molecule has 28 heavy (non-hydrogen) atoms. The molecule has 2 aromatic carbocycles. The van der Waals surface area contributed by atoms with Crippen LogP contribution >= 0.6 is 11.6 Å². The van der Waals surface area contributed by atoms with Crippen LogP contribution in [0.2, 0.25) is 0 Å². The first kappa shape index (κ1) is 19.3. The van der Waals surface area contributed by atoms with Crippen LogP contribution in [0, 0.1) is 5.92 Å². The number of primary amides is 1. The number of carbonyl (C=O) groups is 1. The Morgan fingerprint density at radius 2 is 1.79 bits per heavy atom. The van der Waals surface area contributed by atoms with Crippen molar-refractivity contribution in [3.05, 3.63) is 70.8 Å². The highest BCUT2D eigenvalue weighted by Crippen LogP contribution is 2.64. The minimum Gasteiger partial charge on any atom is -0.366 e. The Balaban J connectivity index is 2.09. The van der Waals surface area contributed by atoms with Gasteiger partial charge in [0.15, 0.2) is 0 Å². The zero-order valence-electron chi connectivity index (χ0n) is 15.3. The number of nitrogens with two attached hydrogens (primary N) is 1. The molecule has 1 aliphatic carbocycles. The predicted octanol–water partition coefficient (Wildman–Crippen LogP) is 4.38. The molecule has 3 nitrogen and oxygen atoms in total. The highest BCUT2D eigenvalue weighted by Gasteiger charge is 2.67. The summed E-state index contributed by atoms with van der Waals surface area (Å²) in [5.74, 6) is -0.531. The van der Waals surface area contributed by atoms with Gasteiger partial charge in [0, 0.05) is 23.2 Å². The van der Waals surface area contributed by atoms with E-state index in [1.165, 1.54) is 12.1 Å². The Kier molecular flexibility index (Phi) is 4.28. The summed E-state index contributed by atoms with van der Waals surface area (Å²) in [6.07, 6.45) is -3.33. The van der Waals surface area contributed by atoms with Crippen LogP contribution in [-0.4, -0.2) is 29.9 Å². The summed E-state index contributed by atoms with van der Waals surface area (Å²) in [6, 6.07) is 12.2. The maximum atomic E-state index is 14.0. The van der Waals surface area contributed by atoms with Crippen molar-refractivity contribution >= 4 is 17.5 Å². The quantitative estimate of drug-likeness (QED) is 0.763. The van der Waals surface area contributed by atoms with Crippen molar-refractivity contribution in [2.24, 2.45) is 11.7 Å². The Labute approximate surface area is 166 Å². The average molecular weight is 409 g/mol. The minimum absolute atomic E-state index is 0.188. The molecule has 2 aliphatic heterocycles. The molecule has 0 spiro atoms. The van der Waals surface area contributed by atoms with Gasteiger partial charge in [-0.05, 0) is 43.5 Å². The van der Waals surface area contributed by atoms with Gasteiger partial charge in [0.1, 0.15) is 4.87 Å². The summed E-state index contributed by atoms with van der Waals surface area (Å²) in [4.78, 5) is 12.6. The Morgan fingerprint density at radius 1 is 1.14 bits per heavy atom. The maximum Gasteiger partial charge on any atom is 0.416 e. The lowest BCUT2D eigenvalue weighted by Crippen LogP contribution is -2.59. The molecule has 7 heteroatoms. The molecule has 2 N–H and O–H groups in total. The van der Waals surface area contributed by atoms with Crippen molar-refractivity contribution in [2.75, 3.05) is 13.6 Å². The predicted molar refractivity (Wildman–Crippen MR) is 101 cm³/mol. The lowest BCUT2D eigenvalue weighted by molar-refractivity contribution is -0.138. The first-order valence-electron chi connectivity index (χ1n) is 9.07. The molecule has 2 heterocycles. The molecule has 1 unspecified atom stereocenters. The molecule has 3 aliphatic rings. The normalized spacial score (nSPS) is 26.5. The highest BCUT2D eigenvalue weighted by molar-refractivity contribution is 6.28. The smallest absolute Gasteiger partial charge is 0.366 e. The number of likely N-dealkylation sites (N-methyl/N-ethyl adjacent to an activating group) is 1. The van der Waals surface area contributed by atoms with Crippen LogP contribution in [0.15, 0.2) is 48.5 Å². The third-order valence-electron chi connectivity index (χ3n) is 6.31. The van der Waals surface area contributed by atoms with Crippen LogP contribution in [0.1, 0.15) is 39.9 Å². The SMILES string of the molecule is CN1CC2CC1(C(Cl)(c1ccccc1)c1c(C(N)=O)cccc1C(F)(F)F)C2. The van der Waals surface area contributed by atoms with Gasteiger partial charge in [-0.3, -0.25) is 9.69 Å². The van der Waals surface area contributed by atoms with E-state index in [9.17, 15) is 18.0 Å². The van der Waals surface area contributed by atoms with E-state index in [0.717, 1.165) is 12.6 Å². The second kappa shape index (κ2) is 6.22. The largest absolute Gasteiger partial charge is 0.416 e. The van der Waals surface area contributed by atoms with Crippen LogP contribution in [0.4, 0.5) is 13.2 Å². The maximum absolute atomic E-state index is 14.0. The Hall–Kier alpha value is -2.05. The summed E-state index contributed by atoms with van der Waals surface area (Å²) >= 11 is 7.28. The lowest BCUT2D eigenvalue weighted by atomic mass is 9.60. The zero-order chi connectivity index (χ0) is 20.3. The molecule has 1 amide bonds. The van der Waals surface area contributed by atoms with Crippen LogP contribution < -0.4 is 5.73 Å². The fourth-order valence-corrected chi connectivity index (χ4v) is 5.75. The van der Waals surface area contributed by atoms with Crippen LogP contribution in [-0.2, 0) is 11.1 Å². The fourth-order valence-electron chi connectivity index (χ4n) is 5.12. The number of halogens is 4. The molecular formula is C21H20ClF3N2O. The van der Waals surface area contributed by atoms with Gasteiger partial charge in [-0.15, -0.1) is 11.6 Å². The number of hydrogen-bond acceptors (Lipinski definition) is 2. The van der Waals surface area contributed by atoms with Crippen molar-refractivity contribution in [3.63, 3.8) is 0 Å². The van der Waals surface area contributed by atoms with Gasteiger partial charge in [-0.25, -0.2) is 0 Å². The van der Waals surface area contributed by atoms with Crippen molar-refractivity contribution in [1.82, 2.24) is 4.90 Å². The molecule has 2 aromatic rings. The average Bonchev–Trinajstić information content (AvgIpc) is 3.13. The van der Waals surface area contributed by atoms with Gasteiger partial charge in [0.25, 0.3) is 0 Å². The molecule has 2 bridgehead atoms.